The van der Waals surface area contributed by atoms with Gasteiger partial charge in [0.05, 0.1) is 44.1 Å². The van der Waals surface area contributed by atoms with Crippen LogP contribution in [0.25, 0.3) is 11.5 Å². The van der Waals surface area contributed by atoms with Gasteiger partial charge in [-0.15, -0.1) is 10.2 Å². The molecule has 0 aliphatic carbocycles. The predicted octanol–water partition coefficient (Wildman–Crippen LogP) is 3.07. The van der Waals surface area contributed by atoms with E-state index in [-0.39, 0.29) is 24.0 Å². The lowest BCUT2D eigenvalue weighted by Crippen LogP contribution is -2.37. The first-order valence-corrected chi connectivity index (χ1v) is 14.3. The molecule has 0 bridgehead atoms. The van der Waals surface area contributed by atoms with Crippen molar-refractivity contribution in [1.29, 1.82) is 0 Å². The minimum atomic E-state index is -4.11. The van der Waals surface area contributed by atoms with Crippen molar-refractivity contribution < 1.29 is 27.4 Å². The third kappa shape index (κ3) is 6.81. The molecule has 1 fully saturated rings. The Morgan fingerprint density at radius 3 is 2.51 bits per heavy atom. The summed E-state index contributed by atoms with van der Waals surface area (Å²) in [5.74, 6) is 0.884. The molecule has 13 nitrogen and oxygen atoms in total. The Balaban J connectivity index is 1.72. The van der Waals surface area contributed by atoms with Gasteiger partial charge in [0.2, 0.25) is 21.9 Å². The molecular formula is C24H32ClN7O6S. The van der Waals surface area contributed by atoms with E-state index in [0.29, 0.717) is 42.2 Å². The molecule has 4 heterocycles. The topological polar surface area (TPSA) is 152 Å². The van der Waals surface area contributed by atoms with E-state index in [9.17, 15) is 8.42 Å². The highest BCUT2D eigenvalue weighted by atomic mass is 35.5. The van der Waals surface area contributed by atoms with Gasteiger partial charge in [-0.25, -0.2) is 23.4 Å². The minimum Gasteiger partial charge on any atom is -0.481 e. The molecule has 0 radical (unpaired) electrons. The normalized spacial score (nSPS) is 18.5. The van der Waals surface area contributed by atoms with Gasteiger partial charge in [0.25, 0.3) is 0 Å². The molecule has 1 saturated heterocycles. The summed E-state index contributed by atoms with van der Waals surface area (Å²) in [7, 11) is -2.61. The number of halogens is 1. The number of ether oxygens (including phenoxy) is 4. The molecule has 39 heavy (non-hydrogen) atoms. The van der Waals surface area contributed by atoms with E-state index in [4.69, 9.17) is 30.5 Å². The number of methoxy groups -OCH3 is 1. The summed E-state index contributed by atoms with van der Waals surface area (Å²) in [4.78, 5) is 12.9. The molecule has 0 spiro atoms. The van der Waals surface area contributed by atoms with E-state index in [2.05, 4.69) is 29.9 Å². The van der Waals surface area contributed by atoms with Crippen molar-refractivity contribution in [2.45, 2.75) is 57.3 Å². The average molecular weight is 582 g/mol. The lowest BCUT2D eigenvalue weighted by Gasteiger charge is -2.30. The van der Waals surface area contributed by atoms with Crippen LogP contribution >= 0.6 is 11.6 Å². The maximum Gasteiger partial charge on any atom is 0.240 e. The van der Waals surface area contributed by atoms with Gasteiger partial charge in [-0.05, 0) is 33.8 Å². The molecule has 15 heteroatoms. The van der Waals surface area contributed by atoms with Gasteiger partial charge < -0.3 is 18.9 Å². The van der Waals surface area contributed by atoms with Crippen molar-refractivity contribution in [1.82, 2.24) is 29.7 Å². The summed E-state index contributed by atoms with van der Waals surface area (Å²) in [5.41, 5.74) is 0.444. The Bertz CT molecular complexity index is 1350. The number of pyridine rings is 1. The minimum absolute atomic E-state index is 0.0107. The average Bonchev–Trinajstić information content (AvgIpc) is 3.34. The zero-order valence-electron chi connectivity index (χ0n) is 22.3. The van der Waals surface area contributed by atoms with E-state index < -0.39 is 27.4 Å². The summed E-state index contributed by atoms with van der Waals surface area (Å²) in [6, 6.07) is 4.78. The van der Waals surface area contributed by atoms with Crippen LogP contribution in [-0.4, -0.2) is 82.5 Å². The largest absolute Gasteiger partial charge is 0.481 e. The van der Waals surface area contributed by atoms with Crippen LogP contribution < -0.4 is 9.46 Å². The highest BCUT2D eigenvalue weighted by Gasteiger charge is 2.37. The SMILES string of the molecule is COc1cccc(-c2nnc(NS(=O)(=O)[C@@H](C)[C@@H](OC(C)C)c3ncc(Cl)cn3)n2[C@@H](C)[C@@H]2COCCO2)n1. The summed E-state index contributed by atoms with van der Waals surface area (Å²) in [6.45, 7) is 8.21. The summed E-state index contributed by atoms with van der Waals surface area (Å²) in [5, 5.41) is 7.68. The molecule has 0 aromatic carbocycles. The van der Waals surface area contributed by atoms with Crippen LogP contribution in [0.2, 0.25) is 5.02 Å². The molecule has 0 amide bonds. The van der Waals surface area contributed by atoms with Crippen LogP contribution in [0.4, 0.5) is 5.95 Å². The van der Waals surface area contributed by atoms with Crippen LogP contribution in [-0.2, 0) is 24.2 Å². The number of nitrogens with one attached hydrogen (secondary N) is 1. The second-order valence-corrected chi connectivity index (χ2v) is 11.7. The van der Waals surface area contributed by atoms with Crippen LogP contribution in [0.5, 0.6) is 5.88 Å². The number of sulfonamides is 1. The number of hydrogen-bond donors (Lipinski definition) is 1. The second kappa shape index (κ2) is 12.5. The second-order valence-electron chi connectivity index (χ2n) is 9.22. The molecule has 212 valence electrons. The first-order valence-electron chi connectivity index (χ1n) is 12.4. The Labute approximate surface area is 232 Å². The Kier molecular flexibility index (Phi) is 9.33. The third-order valence-electron chi connectivity index (χ3n) is 6.11. The summed E-state index contributed by atoms with van der Waals surface area (Å²) < 4.78 is 54.4. The van der Waals surface area contributed by atoms with Crippen molar-refractivity contribution in [2.24, 2.45) is 0 Å². The third-order valence-corrected chi connectivity index (χ3v) is 8.00. The maximum atomic E-state index is 13.7. The fraction of sp³-hybridized carbons (Fsp3) is 0.542. The number of anilines is 1. The predicted molar refractivity (Wildman–Crippen MR) is 143 cm³/mol. The van der Waals surface area contributed by atoms with Crippen molar-refractivity contribution >= 4 is 27.6 Å². The molecule has 4 atom stereocenters. The standard InChI is InChI=1S/C24H32ClN7O6S/c1-14(2)38-21(22-26-11-17(25)12-27-22)16(4)39(33,34)31-24-30-29-23(18-7-6-8-20(28-18)35-5)32(24)15(3)19-13-36-9-10-37-19/h6-8,11-12,14-16,19,21H,9-10,13H2,1-5H3,(H,30,31)/t15-,16-,19-,21+/m0/s1. The van der Waals surface area contributed by atoms with E-state index in [1.165, 1.54) is 26.4 Å². The Hall–Kier alpha value is -2.91. The van der Waals surface area contributed by atoms with Crippen LogP contribution in [0.15, 0.2) is 30.6 Å². The molecule has 1 N–H and O–H groups in total. The van der Waals surface area contributed by atoms with Crippen LogP contribution in [0.1, 0.15) is 45.7 Å². The Morgan fingerprint density at radius 2 is 1.87 bits per heavy atom. The summed E-state index contributed by atoms with van der Waals surface area (Å²) >= 11 is 5.94. The molecule has 3 aromatic rings. The Morgan fingerprint density at radius 1 is 1.13 bits per heavy atom. The van der Waals surface area contributed by atoms with Gasteiger partial charge in [-0.2, -0.15) is 0 Å². The molecule has 4 rings (SSSR count). The molecule has 1 aliphatic heterocycles. The van der Waals surface area contributed by atoms with E-state index >= 15 is 0 Å². The van der Waals surface area contributed by atoms with E-state index in [1.54, 1.807) is 36.6 Å². The smallest absolute Gasteiger partial charge is 0.240 e. The van der Waals surface area contributed by atoms with Crippen LogP contribution in [0.3, 0.4) is 0 Å². The molecule has 3 aromatic heterocycles. The van der Waals surface area contributed by atoms with Crippen molar-refractivity contribution in [3.63, 3.8) is 0 Å². The van der Waals surface area contributed by atoms with Gasteiger partial charge in [0.15, 0.2) is 11.6 Å². The summed E-state index contributed by atoms with van der Waals surface area (Å²) in [6.07, 6.45) is 1.13. The number of rotatable bonds is 11. The number of nitrogens with zero attached hydrogens (tertiary/aromatic N) is 6. The lowest BCUT2D eigenvalue weighted by molar-refractivity contribution is -0.104. The van der Waals surface area contributed by atoms with E-state index in [1.807, 2.05) is 6.92 Å². The fourth-order valence-corrected chi connectivity index (χ4v) is 5.24. The number of hydrogen-bond acceptors (Lipinski definition) is 11. The van der Waals surface area contributed by atoms with Crippen molar-refractivity contribution in [2.75, 3.05) is 31.7 Å². The number of aromatic nitrogens is 6. The molecule has 0 unspecified atom stereocenters. The first-order chi connectivity index (χ1) is 18.6. The molecular weight excluding hydrogens is 550 g/mol. The van der Waals surface area contributed by atoms with Crippen molar-refractivity contribution in [3.05, 3.63) is 41.4 Å². The quantitative estimate of drug-likeness (QED) is 0.355. The maximum absolute atomic E-state index is 13.7. The fourth-order valence-electron chi connectivity index (χ4n) is 4.05. The van der Waals surface area contributed by atoms with Gasteiger partial charge >= 0.3 is 0 Å². The zero-order valence-corrected chi connectivity index (χ0v) is 23.9. The molecule has 0 saturated carbocycles. The van der Waals surface area contributed by atoms with Gasteiger partial charge in [-0.1, -0.05) is 17.7 Å². The first kappa shape index (κ1) is 29.1. The monoisotopic (exact) mass is 581 g/mol. The van der Waals surface area contributed by atoms with Crippen molar-refractivity contribution in [3.8, 4) is 17.4 Å². The molecule has 1 aliphatic rings. The lowest BCUT2D eigenvalue weighted by atomic mass is 10.1. The zero-order chi connectivity index (χ0) is 28.2. The van der Waals surface area contributed by atoms with E-state index in [0.717, 1.165) is 0 Å². The van der Waals surface area contributed by atoms with Crippen LogP contribution in [0, 0.1) is 0 Å². The van der Waals surface area contributed by atoms with Gasteiger partial charge in [0.1, 0.15) is 23.2 Å². The van der Waals surface area contributed by atoms with Gasteiger partial charge in [0, 0.05) is 18.5 Å². The van der Waals surface area contributed by atoms with Gasteiger partial charge in [-0.3, -0.25) is 9.29 Å². The highest BCUT2D eigenvalue weighted by molar-refractivity contribution is 7.93. The highest BCUT2D eigenvalue weighted by Crippen LogP contribution is 2.31.